The first-order chi connectivity index (χ1) is 7.17. The van der Waals surface area contributed by atoms with Crippen LogP contribution in [0, 0.1) is 11.3 Å². The molecule has 15 heavy (non-hydrogen) atoms. The molecule has 1 atom stereocenters. The van der Waals surface area contributed by atoms with Crippen LogP contribution in [0.3, 0.4) is 0 Å². The first-order valence-corrected chi connectivity index (χ1v) is 4.91. The zero-order valence-corrected chi connectivity index (χ0v) is 9.51. The summed E-state index contributed by atoms with van der Waals surface area (Å²) in [6, 6.07) is 11.4. The molecular weight excluding hydrogens is 188 g/mol. The van der Waals surface area contributed by atoms with Crippen LogP contribution in [0.25, 0.3) is 0 Å². The zero-order chi connectivity index (χ0) is 11.7. The normalized spacial score (nSPS) is 11.2. The van der Waals surface area contributed by atoms with Crippen molar-refractivity contribution in [1.29, 1.82) is 5.26 Å². The van der Waals surface area contributed by atoms with Crippen molar-refractivity contribution in [2.75, 3.05) is 13.6 Å². The Labute approximate surface area is 91.6 Å². The minimum atomic E-state index is -0.476. The summed E-state index contributed by atoms with van der Waals surface area (Å²) in [7, 11) is 1.90. The van der Waals surface area contributed by atoms with Crippen LogP contribution in [0.1, 0.15) is 25.6 Å². The maximum atomic E-state index is 9.71. The predicted molar refractivity (Wildman–Crippen MR) is 61.0 cm³/mol. The quantitative estimate of drug-likeness (QED) is 0.771. The van der Waals surface area contributed by atoms with Crippen LogP contribution in [0.15, 0.2) is 30.3 Å². The molecule has 1 rings (SSSR count). The molecule has 0 radical (unpaired) electrons. The van der Waals surface area contributed by atoms with E-state index in [2.05, 4.69) is 0 Å². The summed E-state index contributed by atoms with van der Waals surface area (Å²) in [6.45, 7) is 4.29. The summed E-state index contributed by atoms with van der Waals surface area (Å²) in [4.78, 5) is 1.88. The monoisotopic (exact) mass is 206 g/mol. The Balaban J connectivity index is 0.000000583. The van der Waals surface area contributed by atoms with Gasteiger partial charge in [0.25, 0.3) is 0 Å². The third-order valence-corrected chi connectivity index (χ3v) is 2.01. The second-order valence-electron chi connectivity index (χ2n) is 3.08. The van der Waals surface area contributed by atoms with Gasteiger partial charge in [-0.25, -0.2) is 0 Å². The van der Waals surface area contributed by atoms with Gasteiger partial charge in [0.2, 0.25) is 0 Å². The summed E-state index contributed by atoms with van der Waals surface area (Å²) >= 11 is 0. The van der Waals surface area contributed by atoms with Crippen LogP contribution in [0.5, 0.6) is 0 Å². The zero-order valence-electron chi connectivity index (χ0n) is 9.51. The fraction of sp³-hybridized carbons (Fsp3) is 0.417. The van der Waals surface area contributed by atoms with Gasteiger partial charge < -0.3 is 5.11 Å². The van der Waals surface area contributed by atoms with Crippen molar-refractivity contribution in [2.45, 2.75) is 20.1 Å². The Morgan fingerprint density at radius 2 is 1.87 bits per heavy atom. The van der Waals surface area contributed by atoms with E-state index in [1.165, 1.54) is 6.92 Å². The summed E-state index contributed by atoms with van der Waals surface area (Å²) in [5.74, 6) is 0. The van der Waals surface area contributed by atoms with Gasteiger partial charge in [0.05, 0.1) is 6.07 Å². The van der Waals surface area contributed by atoms with Crippen molar-refractivity contribution in [2.24, 2.45) is 0 Å². The molecule has 1 N–H and O–H groups in total. The highest BCUT2D eigenvalue weighted by Crippen LogP contribution is 2.14. The second-order valence-corrected chi connectivity index (χ2v) is 3.08. The van der Waals surface area contributed by atoms with Gasteiger partial charge in [0.15, 0.2) is 0 Å². The fourth-order valence-corrected chi connectivity index (χ4v) is 1.05. The van der Waals surface area contributed by atoms with E-state index in [1.54, 1.807) is 6.07 Å². The fourth-order valence-electron chi connectivity index (χ4n) is 1.05. The van der Waals surface area contributed by atoms with E-state index in [1.807, 2.05) is 49.2 Å². The minimum Gasteiger partial charge on any atom is -0.374 e. The lowest BCUT2D eigenvalue weighted by atomic mass is 10.2. The number of aliphatic hydroxyl groups excluding tert-OH is 1. The van der Waals surface area contributed by atoms with Gasteiger partial charge in [-0.05, 0) is 19.2 Å². The van der Waals surface area contributed by atoms with Crippen LogP contribution >= 0.6 is 0 Å². The van der Waals surface area contributed by atoms with Crippen molar-refractivity contribution >= 4 is 0 Å². The molecule has 0 heterocycles. The molecule has 0 bridgehead atoms. The molecule has 0 amide bonds. The van der Waals surface area contributed by atoms with Gasteiger partial charge in [0, 0.05) is 6.92 Å². The van der Waals surface area contributed by atoms with Crippen LogP contribution < -0.4 is 0 Å². The molecule has 0 aliphatic heterocycles. The number of benzene rings is 1. The van der Waals surface area contributed by atoms with Gasteiger partial charge in [-0.15, -0.1) is 0 Å². The van der Waals surface area contributed by atoms with Crippen LogP contribution in [0.4, 0.5) is 0 Å². The third kappa shape index (κ3) is 5.16. The van der Waals surface area contributed by atoms with Gasteiger partial charge in [-0.2, -0.15) is 5.26 Å². The number of hydrogen-bond donors (Lipinski definition) is 1. The van der Waals surface area contributed by atoms with E-state index < -0.39 is 6.23 Å². The summed E-state index contributed by atoms with van der Waals surface area (Å²) < 4.78 is 0. The molecule has 1 unspecified atom stereocenters. The van der Waals surface area contributed by atoms with E-state index >= 15 is 0 Å². The number of nitrogens with zero attached hydrogens (tertiary/aromatic N) is 2. The van der Waals surface area contributed by atoms with E-state index in [4.69, 9.17) is 5.26 Å². The average molecular weight is 206 g/mol. The highest BCUT2D eigenvalue weighted by Gasteiger charge is 2.09. The molecule has 3 nitrogen and oxygen atoms in total. The van der Waals surface area contributed by atoms with Crippen LogP contribution in [-0.4, -0.2) is 23.6 Å². The molecule has 0 fully saturated rings. The van der Waals surface area contributed by atoms with Gasteiger partial charge in [-0.3, -0.25) is 4.90 Å². The SMILES string of the molecule is CC#N.CCN(C)C(O)c1ccccc1. The van der Waals surface area contributed by atoms with Crippen molar-refractivity contribution in [1.82, 2.24) is 4.90 Å². The topological polar surface area (TPSA) is 47.3 Å². The maximum Gasteiger partial charge on any atom is 0.133 e. The molecule has 0 aliphatic rings. The summed E-state index contributed by atoms with van der Waals surface area (Å²) in [5, 5.41) is 17.0. The maximum absolute atomic E-state index is 9.71. The van der Waals surface area contributed by atoms with E-state index in [-0.39, 0.29) is 0 Å². The average Bonchev–Trinajstić information content (AvgIpc) is 2.29. The first kappa shape index (κ1) is 13.6. The molecule has 0 spiro atoms. The molecule has 3 heteroatoms. The van der Waals surface area contributed by atoms with Crippen molar-refractivity contribution in [3.05, 3.63) is 35.9 Å². The minimum absolute atomic E-state index is 0.476. The predicted octanol–water partition coefficient (Wildman–Crippen LogP) is 2.16. The molecule has 0 saturated carbocycles. The molecule has 0 aliphatic carbocycles. The van der Waals surface area contributed by atoms with Crippen LogP contribution in [-0.2, 0) is 0 Å². The molecule has 82 valence electrons. The Kier molecular flexibility index (Phi) is 7.25. The molecule has 1 aromatic rings. The first-order valence-electron chi connectivity index (χ1n) is 4.91. The molecular formula is C12H18N2O. The smallest absolute Gasteiger partial charge is 0.133 e. The number of aliphatic hydroxyl groups is 1. The molecule has 0 aromatic heterocycles. The van der Waals surface area contributed by atoms with Gasteiger partial charge >= 0.3 is 0 Å². The third-order valence-electron chi connectivity index (χ3n) is 2.01. The van der Waals surface area contributed by atoms with Crippen molar-refractivity contribution < 1.29 is 5.11 Å². The Morgan fingerprint density at radius 1 is 1.40 bits per heavy atom. The van der Waals surface area contributed by atoms with Crippen molar-refractivity contribution in [3.63, 3.8) is 0 Å². The van der Waals surface area contributed by atoms with Gasteiger partial charge in [0.1, 0.15) is 6.23 Å². The Bertz CT molecular complexity index is 292. The lowest BCUT2D eigenvalue weighted by molar-refractivity contribution is 0.0245. The summed E-state index contributed by atoms with van der Waals surface area (Å²) in [5.41, 5.74) is 0.946. The highest BCUT2D eigenvalue weighted by atomic mass is 16.3. The van der Waals surface area contributed by atoms with Crippen molar-refractivity contribution in [3.8, 4) is 6.07 Å². The number of hydrogen-bond acceptors (Lipinski definition) is 3. The van der Waals surface area contributed by atoms with E-state index in [0.717, 1.165) is 12.1 Å². The Morgan fingerprint density at radius 3 is 2.27 bits per heavy atom. The van der Waals surface area contributed by atoms with Crippen LogP contribution in [0.2, 0.25) is 0 Å². The largest absolute Gasteiger partial charge is 0.374 e. The number of nitriles is 1. The van der Waals surface area contributed by atoms with E-state index in [0.29, 0.717) is 0 Å². The second kappa shape index (κ2) is 7.98. The number of rotatable bonds is 3. The lowest BCUT2D eigenvalue weighted by Crippen LogP contribution is -2.23. The molecule has 1 aromatic carbocycles. The Hall–Kier alpha value is -1.37. The summed E-state index contributed by atoms with van der Waals surface area (Å²) in [6.07, 6.45) is -0.476. The lowest BCUT2D eigenvalue weighted by Gasteiger charge is -2.21. The highest BCUT2D eigenvalue weighted by molar-refractivity contribution is 5.16. The van der Waals surface area contributed by atoms with E-state index in [9.17, 15) is 5.11 Å². The molecule has 0 saturated heterocycles. The standard InChI is InChI=1S/C10H15NO.C2H3N/c1-3-11(2)10(12)9-7-5-4-6-8-9;1-2-3/h4-8,10,12H,3H2,1-2H3;1H3. The van der Waals surface area contributed by atoms with Gasteiger partial charge in [-0.1, -0.05) is 37.3 Å².